The van der Waals surface area contributed by atoms with Crippen molar-refractivity contribution < 1.29 is 14.3 Å². The zero-order valence-electron chi connectivity index (χ0n) is 14.6. The summed E-state index contributed by atoms with van der Waals surface area (Å²) in [6.07, 6.45) is 1.95. The van der Waals surface area contributed by atoms with Gasteiger partial charge in [-0.15, -0.1) is 0 Å². The lowest BCUT2D eigenvalue weighted by Crippen LogP contribution is -2.31. The Balaban J connectivity index is 1.82. The van der Waals surface area contributed by atoms with Gasteiger partial charge in [0.15, 0.2) is 0 Å². The van der Waals surface area contributed by atoms with Gasteiger partial charge in [0.25, 0.3) is 0 Å². The van der Waals surface area contributed by atoms with Crippen molar-refractivity contribution in [3.05, 3.63) is 83.9 Å². The van der Waals surface area contributed by atoms with E-state index in [-0.39, 0.29) is 5.97 Å². The molecule has 1 fully saturated rings. The molecule has 26 heavy (non-hydrogen) atoms. The standard InChI is InChI=1S/C23H20O3/c1-26-21(25)23(20-12-11-18-9-5-6-10-19(18)13-20)15-22(23,16-24)14-17-7-3-2-4-8-17/h2-13,16H,14-15H2,1H3/t22-,23+/m1/s1. The highest BCUT2D eigenvalue weighted by molar-refractivity contribution is 5.97. The summed E-state index contributed by atoms with van der Waals surface area (Å²) in [7, 11) is 1.39. The van der Waals surface area contributed by atoms with Crippen LogP contribution in [0.25, 0.3) is 10.8 Å². The molecule has 3 nitrogen and oxygen atoms in total. The van der Waals surface area contributed by atoms with Gasteiger partial charge in [-0.25, -0.2) is 0 Å². The van der Waals surface area contributed by atoms with Crippen LogP contribution in [-0.4, -0.2) is 19.4 Å². The van der Waals surface area contributed by atoms with E-state index in [4.69, 9.17) is 4.74 Å². The Hall–Kier alpha value is -2.94. The first kappa shape index (κ1) is 16.5. The number of aldehydes is 1. The van der Waals surface area contributed by atoms with Crippen LogP contribution in [0, 0.1) is 5.41 Å². The van der Waals surface area contributed by atoms with Gasteiger partial charge in [-0.3, -0.25) is 4.79 Å². The van der Waals surface area contributed by atoms with Crippen LogP contribution >= 0.6 is 0 Å². The first-order valence-electron chi connectivity index (χ1n) is 8.73. The van der Waals surface area contributed by atoms with E-state index in [0.29, 0.717) is 12.8 Å². The third-order valence-corrected chi connectivity index (χ3v) is 5.67. The number of rotatable bonds is 5. The molecule has 2 atom stereocenters. The van der Waals surface area contributed by atoms with Crippen LogP contribution in [0.3, 0.4) is 0 Å². The number of benzene rings is 3. The molecular weight excluding hydrogens is 324 g/mol. The molecule has 4 rings (SSSR count). The van der Waals surface area contributed by atoms with E-state index in [1.54, 1.807) is 0 Å². The van der Waals surface area contributed by atoms with Gasteiger partial charge < -0.3 is 9.53 Å². The Kier molecular flexibility index (Phi) is 3.87. The molecular formula is C23H20O3. The van der Waals surface area contributed by atoms with Gasteiger partial charge in [-0.1, -0.05) is 66.7 Å². The smallest absolute Gasteiger partial charge is 0.317 e. The molecule has 3 heteroatoms. The summed E-state index contributed by atoms with van der Waals surface area (Å²) in [4.78, 5) is 25.0. The van der Waals surface area contributed by atoms with E-state index in [1.165, 1.54) is 7.11 Å². The summed E-state index contributed by atoms with van der Waals surface area (Å²) >= 11 is 0. The Morgan fingerprint density at radius 2 is 1.69 bits per heavy atom. The second-order valence-corrected chi connectivity index (χ2v) is 7.07. The summed E-state index contributed by atoms with van der Waals surface area (Å²) in [5.74, 6) is -0.337. The van der Waals surface area contributed by atoms with Crippen molar-refractivity contribution in [2.75, 3.05) is 7.11 Å². The average molecular weight is 344 g/mol. The van der Waals surface area contributed by atoms with E-state index in [1.807, 2.05) is 72.8 Å². The quantitative estimate of drug-likeness (QED) is 0.517. The van der Waals surface area contributed by atoms with Crippen molar-refractivity contribution in [3.63, 3.8) is 0 Å². The Morgan fingerprint density at radius 3 is 2.38 bits per heavy atom. The van der Waals surface area contributed by atoms with Gasteiger partial charge in [-0.05, 0) is 40.8 Å². The van der Waals surface area contributed by atoms with Gasteiger partial charge >= 0.3 is 5.97 Å². The lowest BCUT2D eigenvalue weighted by molar-refractivity contribution is -0.145. The second-order valence-electron chi connectivity index (χ2n) is 7.07. The monoisotopic (exact) mass is 344 g/mol. The van der Waals surface area contributed by atoms with Crippen LogP contribution in [0.2, 0.25) is 0 Å². The van der Waals surface area contributed by atoms with Crippen LogP contribution in [0.1, 0.15) is 17.5 Å². The van der Waals surface area contributed by atoms with Crippen LogP contribution in [0.4, 0.5) is 0 Å². The first-order chi connectivity index (χ1) is 12.6. The number of hydrogen-bond donors (Lipinski definition) is 0. The average Bonchev–Trinajstić information content (AvgIpc) is 3.37. The van der Waals surface area contributed by atoms with Crippen molar-refractivity contribution >= 4 is 23.0 Å². The predicted molar refractivity (Wildman–Crippen MR) is 101 cm³/mol. The maximum absolute atomic E-state index is 12.8. The molecule has 1 saturated carbocycles. The molecule has 0 N–H and O–H groups in total. The van der Waals surface area contributed by atoms with Crippen molar-refractivity contribution in [1.82, 2.24) is 0 Å². The van der Waals surface area contributed by atoms with Crippen molar-refractivity contribution in [2.45, 2.75) is 18.3 Å². The van der Waals surface area contributed by atoms with E-state index in [9.17, 15) is 9.59 Å². The van der Waals surface area contributed by atoms with Crippen molar-refractivity contribution in [1.29, 1.82) is 0 Å². The minimum atomic E-state index is -0.913. The molecule has 0 unspecified atom stereocenters. The highest BCUT2D eigenvalue weighted by atomic mass is 16.5. The fourth-order valence-electron chi connectivity index (χ4n) is 4.20. The zero-order valence-corrected chi connectivity index (χ0v) is 14.6. The maximum Gasteiger partial charge on any atom is 0.317 e. The minimum Gasteiger partial charge on any atom is -0.468 e. The van der Waals surface area contributed by atoms with Gasteiger partial charge in [0.1, 0.15) is 11.7 Å². The number of esters is 1. The summed E-state index contributed by atoms with van der Waals surface area (Å²) in [5, 5.41) is 2.16. The number of carbonyl (C=O) groups is 2. The van der Waals surface area contributed by atoms with Crippen molar-refractivity contribution in [3.8, 4) is 0 Å². The molecule has 1 aliphatic rings. The molecule has 0 bridgehead atoms. The van der Waals surface area contributed by atoms with Gasteiger partial charge in [0, 0.05) is 0 Å². The largest absolute Gasteiger partial charge is 0.468 e. The van der Waals surface area contributed by atoms with Crippen LogP contribution in [0.5, 0.6) is 0 Å². The Morgan fingerprint density at radius 1 is 1.00 bits per heavy atom. The molecule has 130 valence electrons. The first-order valence-corrected chi connectivity index (χ1v) is 8.73. The highest BCUT2D eigenvalue weighted by Gasteiger charge is 2.73. The zero-order chi connectivity index (χ0) is 18.2. The van der Waals surface area contributed by atoms with Gasteiger partial charge in [0.2, 0.25) is 0 Å². The van der Waals surface area contributed by atoms with Crippen LogP contribution in [-0.2, 0) is 26.2 Å². The second kappa shape index (κ2) is 6.10. The molecule has 0 aromatic heterocycles. The number of fused-ring (bicyclic) bond motifs is 1. The maximum atomic E-state index is 12.8. The molecule has 0 aliphatic heterocycles. The molecule has 3 aromatic rings. The Labute approximate surface area is 152 Å². The summed E-state index contributed by atoms with van der Waals surface area (Å²) in [5.41, 5.74) is 0.227. The number of hydrogen-bond acceptors (Lipinski definition) is 3. The van der Waals surface area contributed by atoms with Crippen LogP contribution in [0.15, 0.2) is 72.8 Å². The number of ether oxygens (including phenoxy) is 1. The predicted octanol–water partition coefficient (Wildman–Crippen LogP) is 4.08. The molecule has 0 saturated heterocycles. The molecule has 0 heterocycles. The molecule has 0 radical (unpaired) electrons. The molecule has 1 aliphatic carbocycles. The van der Waals surface area contributed by atoms with Crippen LogP contribution < -0.4 is 0 Å². The van der Waals surface area contributed by atoms with E-state index in [2.05, 4.69) is 0 Å². The molecule has 0 amide bonds. The highest BCUT2D eigenvalue weighted by Crippen LogP contribution is 2.65. The summed E-state index contributed by atoms with van der Waals surface area (Å²) < 4.78 is 5.14. The summed E-state index contributed by atoms with van der Waals surface area (Å²) in [6.45, 7) is 0. The van der Waals surface area contributed by atoms with Crippen molar-refractivity contribution in [2.24, 2.45) is 5.41 Å². The van der Waals surface area contributed by atoms with E-state index < -0.39 is 10.8 Å². The SMILES string of the molecule is COC(=O)[C@@]1(c2ccc3ccccc3c2)C[C@@]1(C=O)Cc1ccccc1. The Bertz CT molecular complexity index is 979. The number of carbonyl (C=O) groups excluding carboxylic acids is 2. The third-order valence-electron chi connectivity index (χ3n) is 5.67. The third kappa shape index (κ3) is 2.35. The summed E-state index contributed by atoms with van der Waals surface area (Å²) in [6, 6.07) is 23.8. The molecule has 3 aromatic carbocycles. The lowest BCUT2D eigenvalue weighted by Gasteiger charge is -2.21. The molecule has 0 spiro atoms. The normalized spacial score (nSPS) is 24.2. The van der Waals surface area contributed by atoms with Gasteiger partial charge in [0.05, 0.1) is 12.5 Å². The fourth-order valence-corrected chi connectivity index (χ4v) is 4.20. The topological polar surface area (TPSA) is 43.4 Å². The fraction of sp³-hybridized carbons (Fsp3) is 0.217. The lowest BCUT2D eigenvalue weighted by atomic mass is 9.82. The van der Waals surface area contributed by atoms with E-state index >= 15 is 0 Å². The van der Waals surface area contributed by atoms with E-state index in [0.717, 1.165) is 28.2 Å². The number of methoxy groups -OCH3 is 1. The minimum absolute atomic E-state index is 0.337. The van der Waals surface area contributed by atoms with Gasteiger partial charge in [-0.2, -0.15) is 0 Å².